The van der Waals surface area contributed by atoms with Gasteiger partial charge in [-0.25, -0.2) is 0 Å². The molecule has 0 amide bonds. The standard InChI is InChI=1S/C11H15BrClNS/c12-10-4-7-15-11(10)8-14(6-5-13)9-2-1-3-9/h4,7,9H,1-3,5-6,8H2. The lowest BCUT2D eigenvalue weighted by molar-refractivity contribution is 0.128. The molecule has 0 unspecified atom stereocenters. The number of hydrogen-bond acceptors (Lipinski definition) is 2. The highest BCUT2D eigenvalue weighted by Crippen LogP contribution is 2.30. The third kappa shape index (κ3) is 2.96. The fraction of sp³-hybridized carbons (Fsp3) is 0.636. The molecule has 0 bridgehead atoms. The van der Waals surface area contributed by atoms with E-state index in [0.29, 0.717) is 0 Å². The van der Waals surface area contributed by atoms with Gasteiger partial charge in [0.1, 0.15) is 0 Å². The fourth-order valence-corrected chi connectivity index (χ4v) is 3.59. The highest BCUT2D eigenvalue weighted by Gasteiger charge is 2.25. The lowest BCUT2D eigenvalue weighted by Crippen LogP contribution is -2.40. The van der Waals surface area contributed by atoms with Crippen molar-refractivity contribution in [3.8, 4) is 0 Å². The molecule has 15 heavy (non-hydrogen) atoms. The smallest absolute Gasteiger partial charge is 0.0351 e. The van der Waals surface area contributed by atoms with E-state index >= 15 is 0 Å². The van der Waals surface area contributed by atoms with Crippen LogP contribution in [0, 0.1) is 0 Å². The first-order chi connectivity index (χ1) is 7.31. The van der Waals surface area contributed by atoms with Crippen LogP contribution in [0.15, 0.2) is 15.9 Å². The van der Waals surface area contributed by atoms with Crippen LogP contribution in [0.1, 0.15) is 24.1 Å². The van der Waals surface area contributed by atoms with E-state index < -0.39 is 0 Å². The minimum atomic E-state index is 0.736. The highest BCUT2D eigenvalue weighted by molar-refractivity contribution is 9.10. The lowest BCUT2D eigenvalue weighted by atomic mass is 9.91. The van der Waals surface area contributed by atoms with Gasteiger partial charge in [-0.15, -0.1) is 22.9 Å². The number of nitrogens with zero attached hydrogens (tertiary/aromatic N) is 1. The Hall–Kier alpha value is 0.430. The van der Waals surface area contributed by atoms with Crippen LogP contribution < -0.4 is 0 Å². The average molecular weight is 309 g/mol. The van der Waals surface area contributed by atoms with Gasteiger partial charge in [-0.2, -0.15) is 0 Å². The predicted molar refractivity (Wildman–Crippen MR) is 70.8 cm³/mol. The first-order valence-electron chi connectivity index (χ1n) is 5.33. The molecule has 0 aliphatic heterocycles. The van der Waals surface area contributed by atoms with E-state index in [9.17, 15) is 0 Å². The molecule has 1 aromatic rings. The minimum Gasteiger partial charge on any atom is -0.294 e. The molecule has 0 atom stereocenters. The Morgan fingerprint density at radius 3 is 2.80 bits per heavy atom. The molecule has 0 saturated heterocycles. The Bertz CT molecular complexity index is 311. The van der Waals surface area contributed by atoms with Gasteiger partial charge in [0, 0.05) is 34.4 Å². The fourth-order valence-electron chi connectivity index (χ4n) is 1.87. The summed E-state index contributed by atoms with van der Waals surface area (Å²) in [6.07, 6.45) is 4.08. The summed E-state index contributed by atoms with van der Waals surface area (Å²) in [6, 6.07) is 2.90. The summed E-state index contributed by atoms with van der Waals surface area (Å²) in [6.45, 7) is 2.06. The third-order valence-corrected chi connectivity index (χ3v) is 5.08. The van der Waals surface area contributed by atoms with Gasteiger partial charge < -0.3 is 0 Å². The van der Waals surface area contributed by atoms with Crippen LogP contribution >= 0.6 is 38.9 Å². The van der Waals surface area contributed by atoms with Crippen molar-refractivity contribution in [2.24, 2.45) is 0 Å². The normalized spacial score (nSPS) is 17.0. The molecule has 1 heterocycles. The summed E-state index contributed by atoms with van der Waals surface area (Å²) in [7, 11) is 0. The minimum absolute atomic E-state index is 0.736. The van der Waals surface area contributed by atoms with Gasteiger partial charge in [0.25, 0.3) is 0 Å². The van der Waals surface area contributed by atoms with Gasteiger partial charge in [0.2, 0.25) is 0 Å². The van der Waals surface area contributed by atoms with Gasteiger partial charge in [-0.3, -0.25) is 4.90 Å². The van der Waals surface area contributed by atoms with Crippen molar-refractivity contribution in [2.45, 2.75) is 31.8 Å². The molecule has 0 radical (unpaired) electrons. The molecule has 2 rings (SSSR count). The van der Waals surface area contributed by atoms with Crippen LogP contribution in [0.25, 0.3) is 0 Å². The summed E-state index contributed by atoms with van der Waals surface area (Å²) in [4.78, 5) is 3.94. The van der Waals surface area contributed by atoms with Crippen LogP contribution in [-0.2, 0) is 6.54 Å². The maximum atomic E-state index is 5.85. The molecule has 0 spiro atoms. The van der Waals surface area contributed by atoms with E-state index in [0.717, 1.165) is 25.0 Å². The van der Waals surface area contributed by atoms with Crippen LogP contribution in [0.2, 0.25) is 0 Å². The summed E-state index contributed by atoms with van der Waals surface area (Å²) in [5.41, 5.74) is 0. The zero-order chi connectivity index (χ0) is 10.7. The molecule has 0 N–H and O–H groups in total. The van der Waals surface area contributed by atoms with E-state index in [1.165, 1.54) is 28.6 Å². The summed E-state index contributed by atoms with van der Waals surface area (Å²) in [5, 5.41) is 2.14. The summed E-state index contributed by atoms with van der Waals surface area (Å²) >= 11 is 11.3. The van der Waals surface area contributed by atoms with Crippen LogP contribution in [0.5, 0.6) is 0 Å². The molecule has 1 fully saturated rings. The van der Waals surface area contributed by atoms with Crippen molar-refractivity contribution >= 4 is 38.9 Å². The highest BCUT2D eigenvalue weighted by atomic mass is 79.9. The molecule has 0 aromatic carbocycles. The summed E-state index contributed by atoms with van der Waals surface area (Å²) in [5.74, 6) is 0.736. The topological polar surface area (TPSA) is 3.24 Å². The second-order valence-corrected chi connectivity index (χ2v) is 6.17. The van der Waals surface area contributed by atoms with Crippen molar-refractivity contribution in [3.63, 3.8) is 0 Å². The van der Waals surface area contributed by atoms with Crippen molar-refractivity contribution in [1.29, 1.82) is 0 Å². The molecule has 84 valence electrons. The number of rotatable bonds is 5. The molecule has 4 heteroatoms. The van der Waals surface area contributed by atoms with Crippen LogP contribution in [0.4, 0.5) is 0 Å². The second-order valence-electron chi connectivity index (χ2n) is 3.94. The van der Waals surface area contributed by atoms with Gasteiger partial charge in [-0.05, 0) is 40.2 Å². The van der Waals surface area contributed by atoms with Gasteiger partial charge in [0.05, 0.1) is 0 Å². The number of thiophene rings is 1. The molecular weight excluding hydrogens is 294 g/mol. The van der Waals surface area contributed by atoms with Gasteiger partial charge >= 0.3 is 0 Å². The van der Waals surface area contributed by atoms with Crippen LogP contribution in [0.3, 0.4) is 0 Å². The second kappa shape index (κ2) is 5.67. The predicted octanol–water partition coefficient (Wildman–Crippen LogP) is 4.10. The Labute approximate surface area is 109 Å². The maximum absolute atomic E-state index is 5.85. The van der Waals surface area contributed by atoms with Gasteiger partial charge in [0.15, 0.2) is 0 Å². The van der Waals surface area contributed by atoms with E-state index in [1.54, 1.807) is 0 Å². The van der Waals surface area contributed by atoms with E-state index in [2.05, 4.69) is 32.3 Å². The van der Waals surface area contributed by atoms with Crippen molar-refractivity contribution in [1.82, 2.24) is 4.90 Å². The quantitative estimate of drug-likeness (QED) is 0.740. The molecule has 1 nitrogen and oxygen atoms in total. The Kier molecular flexibility index (Phi) is 4.50. The van der Waals surface area contributed by atoms with Crippen LogP contribution in [-0.4, -0.2) is 23.4 Å². The van der Waals surface area contributed by atoms with Gasteiger partial charge in [-0.1, -0.05) is 6.42 Å². The number of hydrogen-bond donors (Lipinski definition) is 0. The van der Waals surface area contributed by atoms with Crippen molar-refractivity contribution in [2.75, 3.05) is 12.4 Å². The maximum Gasteiger partial charge on any atom is 0.0351 e. The van der Waals surface area contributed by atoms with Crippen molar-refractivity contribution in [3.05, 3.63) is 20.8 Å². The molecule has 1 saturated carbocycles. The molecule has 1 aliphatic rings. The zero-order valence-electron chi connectivity index (χ0n) is 8.59. The number of halogens is 2. The molecule has 1 aliphatic carbocycles. The largest absolute Gasteiger partial charge is 0.294 e. The Morgan fingerprint density at radius 1 is 1.53 bits per heavy atom. The molecular formula is C11H15BrClNS. The Morgan fingerprint density at radius 2 is 2.33 bits per heavy atom. The lowest BCUT2D eigenvalue weighted by Gasteiger charge is -2.37. The SMILES string of the molecule is ClCCN(Cc1sccc1Br)C1CCC1. The average Bonchev–Trinajstić information content (AvgIpc) is 2.49. The zero-order valence-corrected chi connectivity index (χ0v) is 11.7. The third-order valence-electron chi connectivity index (χ3n) is 3.00. The number of alkyl halides is 1. The first-order valence-corrected chi connectivity index (χ1v) is 7.54. The van der Waals surface area contributed by atoms with E-state index in [4.69, 9.17) is 11.6 Å². The van der Waals surface area contributed by atoms with Crippen molar-refractivity contribution < 1.29 is 0 Å². The van der Waals surface area contributed by atoms with E-state index in [-0.39, 0.29) is 0 Å². The van der Waals surface area contributed by atoms with E-state index in [1.807, 2.05) is 11.3 Å². The molecule has 1 aromatic heterocycles. The first kappa shape index (κ1) is 11.9. The Balaban J connectivity index is 1.96. The monoisotopic (exact) mass is 307 g/mol. The summed E-state index contributed by atoms with van der Waals surface area (Å²) < 4.78 is 1.24.